The molecule has 2 rings (SSSR count). The van der Waals surface area contributed by atoms with Crippen LogP contribution in [-0.4, -0.2) is 87.4 Å². The monoisotopic (exact) mass is 642 g/mol. The van der Waals surface area contributed by atoms with Gasteiger partial charge in [-0.05, 0) is 31.9 Å². The lowest BCUT2D eigenvalue weighted by Crippen LogP contribution is -2.47. The van der Waals surface area contributed by atoms with Crippen molar-refractivity contribution in [3.05, 3.63) is 71.8 Å². The van der Waals surface area contributed by atoms with E-state index in [-0.39, 0.29) is 39.5 Å². The van der Waals surface area contributed by atoms with E-state index in [2.05, 4.69) is 31.9 Å². The van der Waals surface area contributed by atoms with Crippen LogP contribution in [0.2, 0.25) is 0 Å². The van der Waals surface area contributed by atoms with Crippen LogP contribution in [0, 0.1) is 0 Å². The molecule has 0 saturated heterocycles. The molecule has 6 amide bonds. The first-order valence-corrected chi connectivity index (χ1v) is 14.6. The number of carbonyl (C=O) groups is 6. The molecule has 0 fully saturated rings. The number of carbonyl (C=O) groups excluding carboxylic acids is 6. The molecular weight excluding hydrogens is 600 g/mol. The number of benzene rings is 2. The molecule has 15 heteroatoms. The van der Waals surface area contributed by atoms with Gasteiger partial charge in [0.2, 0.25) is 23.6 Å². The number of hydrogen-bond acceptors (Lipinski definition) is 9. The number of amides is 6. The van der Waals surface area contributed by atoms with Gasteiger partial charge in [-0.1, -0.05) is 60.7 Å². The average molecular weight is 643 g/mol. The molecule has 0 spiro atoms. The molecule has 250 valence electrons. The minimum absolute atomic E-state index is 0.156. The molecule has 46 heavy (non-hydrogen) atoms. The number of nitrogens with one attached hydrogen (secondary N) is 6. The van der Waals surface area contributed by atoms with E-state index in [9.17, 15) is 28.8 Å². The quantitative estimate of drug-likeness (QED) is 0.134. The fraction of sp³-hybridized carbons (Fsp3) is 0.419. The Bertz CT molecular complexity index is 1290. The first kappa shape index (κ1) is 37.0. The second-order valence-electron chi connectivity index (χ2n) is 10.7. The van der Waals surface area contributed by atoms with E-state index in [1.807, 2.05) is 30.3 Å². The van der Waals surface area contributed by atoms with Crippen LogP contribution in [0.15, 0.2) is 60.7 Å². The van der Waals surface area contributed by atoms with Crippen molar-refractivity contribution in [1.82, 2.24) is 31.9 Å². The fourth-order valence-corrected chi connectivity index (χ4v) is 3.56. The molecule has 0 unspecified atom stereocenters. The van der Waals surface area contributed by atoms with E-state index in [0.29, 0.717) is 5.56 Å². The first-order chi connectivity index (χ1) is 21.9. The third-order valence-electron chi connectivity index (χ3n) is 5.66. The number of hydrogen-bond donors (Lipinski definition) is 6. The molecular formula is C31H42N6O9. The second kappa shape index (κ2) is 20.0. The summed E-state index contributed by atoms with van der Waals surface area (Å²) in [7, 11) is 0. The second-order valence-corrected chi connectivity index (χ2v) is 10.7. The molecule has 0 saturated carbocycles. The van der Waals surface area contributed by atoms with Gasteiger partial charge in [0.05, 0.1) is 26.3 Å². The Morgan fingerprint density at radius 3 is 1.87 bits per heavy atom. The third-order valence-corrected chi connectivity index (χ3v) is 5.66. The normalized spacial score (nSPS) is 11.3. The molecule has 0 bridgehead atoms. The molecule has 2 aromatic carbocycles. The van der Waals surface area contributed by atoms with Crippen LogP contribution in [0.5, 0.6) is 0 Å². The number of ether oxygens (including phenoxy) is 3. The highest BCUT2D eigenvalue weighted by molar-refractivity contribution is 5.93. The largest absolute Gasteiger partial charge is 0.445 e. The topological polar surface area (TPSA) is 202 Å². The first-order valence-electron chi connectivity index (χ1n) is 14.6. The summed E-state index contributed by atoms with van der Waals surface area (Å²) < 4.78 is 15.5. The van der Waals surface area contributed by atoms with Gasteiger partial charge in [0.25, 0.3) is 0 Å². The average Bonchev–Trinajstić information content (AvgIpc) is 3.02. The highest BCUT2D eigenvalue weighted by Gasteiger charge is 2.23. The van der Waals surface area contributed by atoms with Crippen molar-refractivity contribution in [2.45, 2.75) is 39.0 Å². The molecule has 0 heterocycles. The van der Waals surface area contributed by atoms with Gasteiger partial charge in [0.15, 0.2) is 0 Å². The molecule has 0 radical (unpaired) electrons. The summed E-state index contributed by atoms with van der Waals surface area (Å²) in [5, 5.41) is 14.8. The predicted octanol–water partition coefficient (Wildman–Crippen LogP) is 0.660. The van der Waals surface area contributed by atoms with Crippen molar-refractivity contribution in [3.8, 4) is 0 Å². The van der Waals surface area contributed by atoms with Gasteiger partial charge in [0.1, 0.15) is 24.8 Å². The van der Waals surface area contributed by atoms with Gasteiger partial charge in [-0.2, -0.15) is 0 Å². The Kier molecular flexibility index (Phi) is 16.1. The highest BCUT2D eigenvalue weighted by Crippen LogP contribution is 2.12. The smallest absolute Gasteiger partial charge is 0.408 e. The van der Waals surface area contributed by atoms with E-state index in [1.165, 1.54) is 0 Å². The van der Waals surface area contributed by atoms with Gasteiger partial charge in [-0.15, -0.1) is 0 Å². The van der Waals surface area contributed by atoms with Crippen molar-refractivity contribution in [3.63, 3.8) is 0 Å². The Balaban J connectivity index is 1.66. The van der Waals surface area contributed by atoms with Crippen LogP contribution >= 0.6 is 0 Å². The lowest BCUT2D eigenvalue weighted by molar-refractivity contribution is -0.131. The molecule has 0 aromatic heterocycles. The van der Waals surface area contributed by atoms with Crippen LogP contribution in [0.3, 0.4) is 0 Å². The van der Waals surface area contributed by atoms with Crippen molar-refractivity contribution < 1.29 is 43.0 Å². The summed E-state index contributed by atoms with van der Waals surface area (Å²) >= 11 is 0. The van der Waals surface area contributed by atoms with Gasteiger partial charge >= 0.3 is 12.2 Å². The van der Waals surface area contributed by atoms with Gasteiger partial charge in [0, 0.05) is 13.1 Å². The van der Waals surface area contributed by atoms with Crippen LogP contribution in [0.25, 0.3) is 0 Å². The van der Waals surface area contributed by atoms with Gasteiger partial charge in [-0.3, -0.25) is 19.2 Å². The summed E-state index contributed by atoms with van der Waals surface area (Å²) in [4.78, 5) is 73.1. The van der Waals surface area contributed by atoms with E-state index in [0.717, 1.165) is 5.56 Å². The summed E-state index contributed by atoms with van der Waals surface area (Å²) in [6.07, 6.45) is -1.35. The number of alkyl carbamates (subject to hydrolysis) is 2. The maximum absolute atomic E-state index is 12.9. The molecule has 0 aliphatic carbocycles. The maximum atomic E-state index is 12.9. The van der Waals surface area contributed by atoms with Crippen molar-refractivity contribution in [2.24, 2.45) is 0 Å². The third kappa shape index (κ3) is 16.6. The maximum Gasteiger partial charge on any atom is 0.408 e. The lowest BCUT2D eigenvalue weighted by atomic mass is 10.1. The summed E-state index contributed by atoms with van der Waals surface area (Å²) in [5.41, 5.74) is 0.593. The lowest BCUT2D eigenvalue weighted by Gasteiger charge is -2.20. The molecule has 0 aliphatic heterocycles. The van der Waals surface area contributed by atoms with Crippen molar-refractivity contribution in [1.29, 1.82) is 0 Å². The van der Waals surface area contributed by atoms with Crippen molar-refractivity contribution in [2.75, 3.05) is 45.9 Å². The zero-order chi connectivity index (χ0) is 33.8. The minimum atomic E-state index is -1.14. The minimum Gasteiger partial charge on any atom is -0.445 e. The zero-order valence-corrected chi connectivity index (χ0v) is 26.2. The van der Waals surface area contributed by atoms with E-state index in [1.54, 1.807) is 51.1 Å². The fourth-order valence-electron chi connectivity index (χ4n) is 3.56. The van der Waals surface area contributed by atoms with Gasteiger partial charge < -0.3 is 46.1 Å². The van der Waals surface area contributed by atoms with Gasteiger partial charge in [-0.25, -0.2) is 9.59 Å². The molecule has 2 aromatic rings. The Morgan fingerprint density at radius 1 is 0.652 bits per heavy atom. The molecule has 0 aliphatic rings. The number of rotatable bonds is 17. The van der Waals surface area contributed by atoms with Crippen LogP contribution < -0.4 is 31.9 Å². The Labute approximate surface area is 267 Å². The van der Waals surface area contributed by atoms with E-state index >= 15 is 0 Å². The SMILES string of the molecule is CC(C)(C)OC(=O)NCC(=O)NCC(=O)N[C@H](C(=O)NCC(=O)NCCOCCNC(=O)OCc1ccccc1)c1ccccc1. The predicted molar refractivity (Wildman–Crippen MR) is 166 cm³/mol. The molecule has 15 nitrogen and oxygen atoms in total. The summed E-state index contributed by atoms with van der Waals surface area (Å²) in [6, 6.07) is 16.5. The van der Waals surface area contributed by atoms with E-state index < -0.39 is 60.5 Å². The van der Waals surface area contributed by atoms with Crippen LogP contribution in [-0.2, 0) is 40.0 Å². The van der Waals surface area contributed by atoms with Crippen molar-refractivity contribution >= 4 is 35.8 Å². The Morgan fingerprint density at radius 2 is 1.22 bits per heavy atom. The molecule has 1 atom stereocenters. The highest BCUT2D eigenvalue weighted by atomic mass is 16.6. The van der Waals surface area contributed by atoms with E-state index in [4.69, 9.17) is 14.2 Å². The van der Waals surface area contributed by atoms with Crippen LogP contribution in [0.4, 0.5) is 9.59 Å². The van der Waals surface area contributed by atoms with Crippen LogP contribution in [0.1, 0.15) is 37.9 Å². The summed E-state index contributed by atoms with van der Waals surface area (Å²) in [5.74, 6) is -2.44. The zero-order valence-electron chi connectivity index (χ0n) is 26.2. The summed E-state index contributed by atoms with van der Waals surface area (Å²) in [6.45, 7) is 4.70. The Hall–Kier alpha value is -5.18. The standard InChI is InChI=1S/C31H42N6O9/c1-31(2,3)46-30(43)36-19-25(39)34-20-26(40)37-27(23-12-8-5-9-13-23)28(41)35-18-24(38)32-14-16-44-17-15-33-29(42)45-21-22-10-6-4-7-11-22/h4-13,27H,14-21H2,1-3H3,(H,32,38)(H,33,42)(H,34,39)(H,35,41)(H,36,43)(H,37,40)/t27-/m0/s1. The molecule has 6 N–H and O–H groups in total.